The Labute approximate surface area is 212 Å². The number of ether oxygens (including phenoxy) is 1. The van der Waals surface area contributed by atoms with Gasteiger partial charge < -0.3 is 29.6 Å². The molecule has 3 atom stereocenters. The number of aliphatic hydroxyl groups excluding tert-OH is 2. The molecule has 182 valence electrons. The van der Waals surface area contributed by atoms with Crippen molar-refractivity contribution in [3.05, 3.63) is 75.8 Å². The number of amides is 2. The number of aliphatic hydroxyl groups is 2. The molecule has 0 spiro atoms. The topological polar surface area (TPSA) is 112 Å². The fraction of sp³-hybridized carbons (Fsp3) is 0.360. The first kappa shape index (κ1) is 26.0. The molecule has 2 amide bonds. The Morgan fingerprint density at radius 1 is 1.32 bits per heavy atom. The summed E-state index contributed by atoms with van der Waals surface area (Å²) < 4.78 is 12.1. The predicted octanol–water partition coefficient (Wildman–Crippen LogP) is 2.79. The van der Waals surface area contributed by atoms with E-state index in [0.717, 1.165) is 9.13 Å². The maximum Gasteiger partial charge on any atom is 0.247 e. The molecule has 0 saturated heterocycles. The van der Waals surface area contributed by atoms with E-state index >= 15 is 0 Å². The lowest BCUT2D eigenvalue weighted by Gasteiger charge is -2.40. The molecule has 2 aromatic rings. The predicted molar refractivity (Wildman–Crippen MR) is 135 cm³/mol. The summed E-state index contributed by atoms with van der Waals surface area (Å²) in [4.78, 5) is 27.5. The smallest absolute Gasteiger partial charge is 0.247 e. The van der Waals surface area contributed by atoms with Gasteiger partial charge in [-0.05, 0) is 59.4 Å². The van der Waals surface area contributed by atoms with Crippen molar-refractivity contribution >= 4 is 34.4 Å². The van der Waals surface area contributed by atoms with Crippen molar-refractivity contribution in [2.75, 3.05) is 13.2 Å². The molecule has 1 heterocycles. The van der Waals surface area contributed by atoms with Crippen LogP contribution in [0.4, 0.5) is 0 Å². The van der Waals surface area contributed by atoms with Crippen molar-refractivity contribution in [3.8, 4) is 5.75 Å². The van der Waals surface area contributed by atoms with Gasteiger partial charge in [0, 0.05) is 30.6 Å². The molecule has 0 saturated carbocycles. The van der Waals surface area contributed by atoms with Crippen molar-refractivity contribution < 1.29 is 29.0 Å². The summed E-state index contributed by atoms with van der Waals surface area (Å²) in [6.07, 6.45) is 6.77. The fourth-order valence-corrected chi connectivity index (χ4v) is 4.23. The monoisotopic (exact) mass is 580 g/mol. The Balaban J connectivity index is 1.96. The number of halogens is 1. The highest BCUT2D eigenvalue weighted by Crippen LogP contribution is 2.30. The lowest BCUT2D eigenvalue weighted by Crippen LogP contribution is -2.54. The van der Waals surface area contributed by atoms with Gasteiger partial charge in [0.05, 0.1) is 28.7 Å². The number of hydrogen-bond acceptors (Lipinski definition) is 6. The second-order valence-electron chi connectivity index (χ2n) is 7.85. The van der Waals surface area contributed by atoms with Gasteiger partial charge in [0.15, 0.2) is 0 Å². The van der Waals surface area contributed by atoms with Gasteiger partial charge in [0.1, 0.15) is 18.0 Å². The molecule has 1 aliphatic carbocycles. The Bertz CT molecular complexity index is 1020. The van der Waals surface area contributed by atoms with Crippen LogP contribution in [0.5, 0.6) is 5.75 Å². The van der Waals surface area contributed by atoms with Gasteiger partial charge in [0.2, 0.25) is 11.8 Å². The van der Waals surface area contributed by atoms with E-state index in [9.17, 15) is 14.7 Å². The molecule has 34 heavy (non-hydrogen) atoms. The molecule has 0 aliphatic heterocycles. The first-order valence-corrected chi connectivity index (χ1v) is 12.2. The third-order valence-corrected chi connectivity index (χ3v) is 6.32. The van der Waals surface area contributed by atoms with Crippen molar-refractivity contribution in [3.63, 3.8) is 0 Å². The van der Waals surface area contributed by atoms with Gasteiger partial charge in [-0.2, -0.15) is 0 Å². The van der Waals surface area contributed by atoms with Crippen LogP contribution in [0.25, 0.3) is 0 Å². The van der Waals surface area contributed by atoms with E-state index in [0.29, 0.717) is 17.7 Å². The van der Waals surface area contributed by atoms with Crippen LogP contribution in [0.1, 0.15) is 25.3 Å². The van der Waals surface area contributed by atoms with Crippen LogP contribution in [-0.4, -0.2) is 58.3 Å². The number of furan rings is 1. The van der Waals surface area contributed by atoms with E-state index in [4.69, 9.17) is 14.3 Å². The average Bonchev–Trinajstić information content (AvgIpc) is 3.35. The molecule has 9 heteroatoms. The zero-order valence-electron chi connectivity index (χ0n) is 18.9. The molecular formula is C25H29IN2O6. The molecule has 0 radical (unpaired) electrons. The number of allylic oxidation sites excluding steroid dienone is 1. The van der Waals surface area contributed by atoms with Gasteiger partial charge in [-0.25, -0.2) is 0 Å². The Kier molecular flexibility index (Phi) is 9.73. The van der Waals surface area contributed by atoms with Crippen molar-refractivity contribution in [1.29, 1.82) is 0 Å². The largest absolute Gasteiger partial charge is 0.482 e. The third-order valence-electron chi connectivity index (χ3n) is 5.43. The maximum absolute atomic E-state index is 13.1. The zero-order chi connectivity index (χ0) is 24.5. The van der Waals surface area contributed by atoms with Crippen molar-refractivity contribution in [2.45, 2.75) is 44.6 Å². The van der Waals surface area contributed by atoms with Crippen LogP contribution in [0, 0.1) is 3.57 Å². The molecule has 3 rings (SSSR count). The minimum absolute atomic E-state index is 0.0996. The number of nitrogens with one attached hydrogen (secondary N) is 1. The molecule has 3 unspecified atom stereocenters. The molecule has 0 fully saturated rings. The van der Waals surface area contributed by atoms with Gasteiger partial charge in [-0.1, -0.05) is 25.1 Å². The van der Waals surface area contributed by atoms with Gasteiger partial charge >= 0.3 is 0 Å². The number of carbonyl (C=O) groups excluding carboxylic acids is 2. The first-order valence-electron chi connectivity index (χ1n) is 11.1. The fourth-order valence-electron chi connectivity index (χ4n) is 3.72. The summed E-state index contributed by atoms with van der Waals surface area (Å²) >= 11 is 2.14. The standard InChI is InChI=1S/C25H29IN2O6/c1-2-3-8-23(30)28(15-17-9-12-33-16-17)20-13-18(25(32)27-10-11-29)14-22(24(20)31)34-21-7-5-4-6-19(21)26/h3-9,12,14,16,20,22,24,29,31H,2,10-11,13,15H2,1H3,(H,27,32). The van der Waals surface area contributed by atoms with Crippen LogP contribution in [-0.2, 0) is 16.1 Å². The van der Waals surface area contributed by atoms with Crippen molar-refractivity contribution in [1.82, 2.24) is 10.2 Å². The third kappa shape index (κ3) is 6.71. The summed E-state index contributed by atoms with van der Waals surface area (Å²) in [6.45, 7) is 2.03. The van der Waals surface area contributed by atoms with Crippen molar-refractivity contribution in [2.24, 2.45) is 0 Å². The van der Waals surface area contributed by atoms with E-state index in [1.54, 1.807) is 35.4 Å². The van der Waals surface area contributed by atoms with Gasteiger partial charge in [-0.3, -0.25) is 9.59 Å². The minimum atomic E-state index is -1.09. The minimum Gasteiger partial charge on any atom is -0.482 e. The Morgan fingerprint density at radius 2 is 2.12 bits per heavy atom. The Hall–Kier alpha value is -2.63. The molecule has 8 nitrogen and oxygen atoms in total. The highest BCUT2D eigenvalue weighted by Gasteiger charge is 2.40. The first-order chi connectivity index (χ1) is 16.4. The van der Waals surface area contributed by atoms with E-state index < -0.39 is 18.2 Å². The van der Waals surface area contributed by atoms with E-state index in [-0.39, 0.29) is 37.9 Å². The highest BCUT2D eigenvalue weighted by atomic mass is 127. The summed E-state index contributed by atoms with van der Waals surface area (Å²) in [5.74, 6) is -0.0861. The lowest BCUT2D eigenvalue weighted by atomic mass is 9.88. The highest BCUT2D eigenvalue weighted by molar-refractivity contribution is 14.1. The molecule has 3 N–H and O–H groups in total. The SMILES string of the molecule is CCC=CC(=O)N(Cc1ccoc1)C1CC(C(=O)NCCO)=CC(Oc2ccccc2I)C1O. The summed E-state index contributed by atoms with van der Waals surface area (Å²) in [6, 6.07) is 8.40. The molecule has 0 bridgehead atoms. The second-order valence-corrected chi connectivity index (χ2v) is 9.02. The summed E-state index contributed by atoms with van der Waals surface area (Å²) in [7, 11) is 0. The zero-order valence-corrected chi connectivity index (χ0v) is 21.1. The molecule has 1 aromatic carbocycles. The quantitative estimate of drug-likeness (QED) is 0.295. The van der Waals surface area contributed by atoms with Crippen LogP contribution in [0.15, 0.2) is 71.1 Å². The molecule has 1 aliphatic rings. The average molecular weight is 580 g/mol. The summed E-state index contributed by atoms with van der Waals surface area (Å²) in [5.41, 5.74) is 1.14. The normalized spacial score (nSPS) is 20.1. The van der Waals surface area contributed by atoms with E-state index in [2.05, 4.69) is 27.9 Å². The van der Waals surface area contributed by atoms with E-state index in [1.807, 2.05) is 25.1 Å². The molecule has 1 aromatic heterocycles. The van der Waals surface area contributed by atoms with Crippen LogP contribution >= 0.6 is 22.6 Å². The lowest BCUT2D eigenvalue weighted by molar-refractivity contribution is -0.134. The number of rotatable bonds is 10. The second kappa shape index (κ2) is 12.7. The van der Waals surface area contributed by atoms with Gasteiger partial charge in [0.25, 0.3) is 0 Å². The summed E-state index contributed by atoms with van der Waals surface area (Å²) in [5, 5.41) is 23.1. The number of nitrogens with zero attached hydrogens (tertiary/aromatic N) is 1. The Morgan fingerprint density at radius 3 is 2.79 bits per heavy atom. The van der Waals surface area contributed by atoms with Crippen LogP contribution in [0.3, 0.4) is 0 Å². The maximum atomic E-state index is 13.1. The van der Waals surface area contributed by atoms with Crippen LogP contribution in [0.2, 0.25) is 0 Å². The number of carbonyl (C=O) groups is 2. The number of para-hydroxylation sites is 1. The number of hydrogen-bond donors (Lipinski definition) is 3. The molecular weight excluding hydrogens is 551 g/mol. The van der Waals surface area contributed by atoms with E-state index in [1.165, 1.54) is 12.3 Å². The number of benzene rings is 1. The van der Waals surface area contributed by atoms with Gasteiger partial charge in [-0.15, -0.1) is 0 Å². The van der Waals surface area contributed by atoms with Crippen LogP contribution < -0.4 is 10.1 Å².